The van der Waals surface area contributed by atoms with Gasteiger partial charge in [0.15, 0.2) is 0 Å². The van der Waals surface area contributed by atoms with Crippen LogP contribution in [0, 0.1) is 0 Å². The predicted octanol–water partition coefficient (Wildman–Crippen LogP) is 2.58. The van der Waals surface area contributed by atoms with E-state index in [1.807, 2.05) is 0 Å². The molecule has 2 N–H and O–H groups in total. The predicted molar refractivity (Wildman–Crippen MR) is 64.7 cm³/mol. The Morgan fingerprint density at radius 3 is 2.56 bits per heavy atom. The van der Waals surface area contributed by atoms with Crippen molar-refractivity contribution in [1.29, 1.82) is 0 Å². The van der Waals surface area contributed by atoms with Gasteiger partial charge in [-0.2, -0.15) is 0 Å². The van der Waals surface area contributed by atoms with Gasteiger partial charge < -0.3 is 5.73 Å². The van der Waals surface area contributed by atoms with Gasteiger partial charge in [0.2, 0.25) is 0 Å². The van der Waals surface area contributed by atoms with Gasteiger partial charge in [0.1, 0.15) is 4.88 Å². The number of rotatable bonds is 4. The molecular formula is C12H10F2N2OS. The Hall–Kier alpha value is -1.82. The van der Waals surface area contributed by atoms with E-state index in [1.165, 1.54) is 18.3 Å². The first kappa shape index (κ1) is 12.6. The van der Waals surface area contributed by atoms with Crippen LogP contribution in [-0.2, 0) is 12.3 Å². The van der Waals surface area contributed by atoms with E-state index in [1.54, 1.807) is 18.2 Å². The number of carbonyl (C=O) groups is 1. The van der Waals surface area contributed by atoms with Gasteiger partial charge in [-0.05, 0) is 0 Å². The standard InChI is InChI=1S/C12H10F2N2OS/c13-12(14,8-4-2-1-3-5-8)6-10-16-7-9(18-10)11(15)17/h1-5,7H,6H2,(H2,15,17). The van der Waals surface area contributed by atoms with E-state index in [0.717, 1.165) is 11.3 Å². The van der Waals surface area contributed by atoms with Crippen molar-refractivity contribution in [1.82, 2.24) is 4.98 Å². The zero-order valence-electron chi connectivity index (χ0n) is 9.27. The Labute approximate surface area is 106 Å². The second-order valence-electron chi connectivity index (χ2n) is 3.73. The van der Waals surface area contributed by atoms with Crippen molar-refractivity contribution in [3.63, 3.8) is 0 Å². The molecule has 0 unspecified atom stereocenters. The number of aromatic nitrogens is 1. The van der Waals surface area contributed by atoms with Gasteiger partial charge in [0.05, 0.1) is 17.6 Å². The number of halogens is 2. The van der Waals surface area contributed by atoms with Gasteiger partial charge >= 0.3 is 0 Å². The Balaban J connectivity index is 2.19. The molecule has 1 aromatic carbocycles. The third kappa shape index (κ3) is 2.70. The average molecular weight is 268 g/mol. The SMILES string of the molecule is NC(=O)c1cnc(CC(F)(F)c2ccccc2)s1. The molecule has 94 valence electrons. The number of primary amides is 1. The van der Waals surface area contributed by atoms with Crippen LogP contribution in [0.25, 0.3) is 0 Å². The van der Waals surface area contributed by atoms with Crippen LogP contribution >= 0.6 is 11.3 Å². The van der Waals surface area contributed by atoms with E-state index in [9.17, 15) is 13.6 Å². The maximum atomic E-state index is 13.9. The number of thiazole rings is 1. The minimum Gasteiger partial charge on any atom is -0.365 e. The van der Waals surface area contributed by atoms with Crippen molar-refractivity contribution in [3.8, 4) is 0 Å². The molecule has 0 bridgehead atoms. The van der Waals surface area contributed by atoms with E-state index in [0.29, 0.717) is 0 Å². The van der Waals surface area contributed by atoms with Crippen molar-refractivity contribution >= 4 is 17.2 Å². The molecular weight excluding hydrogens is 258 g/mol. The molecule has 0 spiro atoms. The topological polar surface area (TPSA) is 56.0 Å². The van der Waals surface area contributed by atoms with E-state index in [2.05, 4.69) is 4.98 Å². The number of carbonyl (C=O) groups excluding carboxylic acids is 1. The van der Waals surface area contributed by atoms with E-state index < -0.39 is 18.3 Å². The Morgan fingerprint density at radius 1 is 1.33 bits per heavy atom. The zero-order valence-corrected chi connectivity index (χ0v) is 10.1. The normalized spacial score (nSPS) is 11.4. The number of hydrogen-bond donors (Lipinski definition) is 1. The molecule has 0 atom stereocenters. The molecule has 0 aliphatic rings. The molecule has 6 heteroatoms. The summed E-state index contributed by atoms with van der Waals surface area (Å²) in [6.07, 6.45) is 0.693. The molecule has 2 aromatic rings. The highest BCUT2D eigenvalue weighted by Gasteiger charge is 2.33. The summed E-state index contributed by atoms with van der Waals surface area (Å²) in [5.41, 5.74) is 4.98. The highest BCUT2D eigenvalue weighted by atomic mass is 32.1. The summed E-state index contributed by atoms with van der Waals surface area (Å²) in [4.78, 5) is 14.8. The summed E-state index contributed by atoms with van der Waals surface area (Å²) < 4.78 is 27.8. The van der Waals surface area contributed by atoms with E-state index >= 15 is 0 Å². The van der Waals surface area contributed by atoms with Crippen molar-refractivity contribution in [3.05, 3.63) is 52.0 Å². The second-order valence-corrected chi connectivity index (χ2v) is 4.84. The lowest BCUT2D eigenvalue weighted by atomic mass is 10.1. The fourth-order valence-electron chi connectivity index (χ4n) is 1.48. The fourth-order valence-corrected chi connectivity index (χ4v) is 2.30. The van der Waals surface area contributed by atoms with Crippen LogP contribution in [0.4, 0.5) is 8.78 Å². The van der Waals surface area contributed by atoms with Crippen molar-refractivity contribution in [2.45, 2.75) is 12.3 Å². The first-order valence-electron chi connectivity index (χ1n) is 5.17. The van der Waals surface area contributed by atoms with E-state index in [4.69, 9.17) is 5.73 Å². The summed E-state index contributed by atoms with van der Waals surface area (Å²) >= 11 is 0.897. The van der Waals surface area contributed by atoms with Crippen LogP contribution in [0.3, 0.4) is 0 Å². The van der Waals surface area contributed by atoms with Crippen LogP contribution < -0.4 is 5.73 Å². The van der Waals surface area contributed by atoms with Crippen LogP contribution in [-0.4, -0.2) is 10.9 Å². The molecule has 0 aliphatic carbocycles. The Morgan fingerprint density at radius 2 is 2.00 bits per heavy atom. The number of benzene rings is 1. The molecule has 18 heavy (non-hydrogen) atoms. The van der Waals surface area contributed by atoms with Crippen LogP contribution in [0.2, 0.25) is 0 Å². The summed E-state index contributed by atoms with van der Waals surface area (Å²) in [7, 11) is 0. The first-order valence-corrected chi connectivity index (χ1v) is 5.98. The van der Waals surface area contributed by atoms with Gasteiger partial charge in [-0.3, -0.25) is 4.79 Å². The summed E-state index contributed by atoms with van der Waals surface area (Å²) in [5.74, 6) is -3.66. The third-order valence-electron chi connectivity index (χ3n) is 2.37. The van der Waals surface area contributed by atoms with Gasteiger partial charge in [0.25, 0.3) is 11.8 Å². The number of alkyl halides is 2. The first-order chi connectivity index (χ1) is 8.49. The van der Waals surface area contributed by atoms with Crippen molar-refractivity contribution in [2.24, 2.45) is 5.73 Å². The summed E-state index contributed by atoms with van der Waals surface area (Å²) in [6, 6.07) is 7.51. The van der Waals surface area contributed by atoms with Crippen LogP contribution in [0.5, 0.6) is 0 Å². The molecule has 0 saturated heterocycles. The quantitative estimate of drug-likeness (QED) is 0.926. The van der Waals surface area contributed by atoms with Crippen molar-refractivity contribution in [2.75, 3.05) is 0 Å². The highest BCUT2D eigenvalue weighted by molar-refractivity contribution is 7.13. The van der Waals surface area contributed by atoms with Crippen LogP contribution in [0.1, 0.15) is 20.2 Å². The Kier molecular flexibility index (Phi) is 3.38. The lowest BCUT2D eigenvalue weighted by Gasteiger charge is -2.14. The minimum atomic E-state index is -3.01. The molecule has 0 fully saturated rings. The number of hydrogen-bond acceptors (Lipinski definition) is 3. The lowest BCUT2D eigenvalue weighted by Crippen LogP contribution is -2.16. The smallest absolute Gasteiger partial charge is 0.279 e. The maximum Gasteiger partial charge on any atom is 0.279 e. The highest BCUT2D eigenvalue weighted by Crippen LogP contribution is 2.32. The Bertz CT molecular complexity index is 554. The molecule has 1 heterocycles. The van der Waals surface area contributed by atoms with E-state index in [-0.39, 0.29) is 15.4 Å². The van der Waals surface area contributed by atoms with Gasteiger partial charge in [-0.15, -0.1) is 11.3 Å². The summed E-state index contributed by atoms with van der Waals surface area (Å²) in [6.45, 7) is 0. The number of amides is 1. The molecule has 1 amide bonds. The molecule has 1 aromatic heterocycles. The summed E-state index contributed by atoms with van der Waals surface area (Å²) in [5, 5.41) is 0.192. The molecule has 0 saturated carbocycles. The van der Waals surface area contributed by atoms with Crippen LogP contribution in [0.15, 0.2) is 36.5 Å². The zero-order chi connectivity index (χ0) is 13.2. The number of nitrogens with two attached hydrogens (primary N) is 1. The molecule has 3 nitrogen and oxygen atoms in total. The second kappa shape index (κ2) is 4.81. The fraction of sp³-hybridized carbons (Fsp3) is 0.167. The largest absolute Gasteiger partial charge is 0.365 e. The van der Waals surface area contributed by atoms with Gasteiger partial charge in [-0.25, -0.2) is 13.8 Å². The maximum absolute atomic E-state index is 13.9. The average Bonchev–Trinajstić information content (AvgIpc) is 2.78. The molecule has 0 radical (unpaired) electrons. The number of nitrogens with zero attached hydrogens (tertiary/aromatic N) is 1. The minimum absolute atomic E-state index is 0.0687. The third-order valence-corrected chi connectivity index (χ3v) is 3.38. The molecule has 2 rings (SSSR count). The lowest BCUT2D eigenvalue weighted by molar-refractivity contribution is -0.00386. The van der Waals surface area contributed by atoms with Gasteiger partial charge in [-0.1, -0.05) is 30.3 Å². The monoisotopic (exact) mass is 268 g/mol. The van der Waals surface area contributed by atoms with Gasteiger partial charge in [0, 0.05) is 5.56 Å². The molecule has 0 aliphatic heterocycles. The van der Waals surface area contributed by atoms with Crippen molar-refractivity contribution < 1.29 is 13.6 Å².